The topological polar surface area (TPSA) is 0 Å². The lowest BCUT2D eigenvalue weighted by Gasteiger charge is -2.11. The van der Waals surface area contributed by atoms with Gasteiger partial charge in [0, 0.05) is 10.9 Å². The highest BCUT2D eigenvalue weighted by Gasteiger charge is 2.33. The van der Waals surface area contributed by atoms with Crippen LogP contribution in [0.25, 0.3) is 10.8 Å². The maximum atomic E-state index is 15.2. The van der Waals surface area contributed by atoms with Gasteiger partial charge in [-0.3, -0.25) is 0 Å². The van der Waals surface area contributed by atoms with E-state index in [9.17, 15) is 26.3 Å². The van der Waals surface area contributed by atoms with Crippen LogP contribution in [0.5, 0.6) is 0 Å². The Morgan fingerprint density at radius 3 is 1.92 bits per heavy atom. The molecule has 0 atom stereocenters. The molecule has 0 aliphatic carbocycles. The summed E-state index contributed by atoms with van der Waals surface area (Å²) in [7, 11) is 0. The van der Waals surface area contributed by atoms with E-state index in [1.165, 1.54) is 18.2 Å². The van der Waals surface area contributed by atoms with Crippen LogP contribution in [-0.2, 0) is 38.3 Å². The molecule has 0 aromatic heterocycles. The Balaban J connectivity index is 1.45. The number of allylic oxidation sites excluding steroid dienone is 1. The summed E-state index contributed by atoms with van der Waals surface area (Å²) in [6.45, 7) is 3.61. The largest absolute Gasteiger partial charge is 0.419 e. The highest BCUT2D eigenvalue weighted by atomic mass is 19.4. The second-order valence-corrected chi connectivity index (χ2v) is 9.27. The van der Waals surface area contributed by atoms with Gasteiger partial charge in [-0.05, 0) is 90.4 Å². The van der Waals surface area contributed by atoms with Crippen LogP contribution in [-0.4, -0.2) is 0 Å². The molecule has 0 fully saturated rings. The van der Waals surface area contributed by atoms with Crippen molar-refractivity contribution < 1.29 is 30.7 Å². The van der Waals surface area contributed by atoms with Crippen molar-refractivity contribution in [3.8, 4) is 0 Å². The fourth-order valence-corrected chi connectivity index (χ4v) is 4.53. The maximum absolute atomic E-state index is 15.2. The summed E-state index contributed by atoms with van der Waals surface area (Å²) in [6.07, 6.45) is -1.10. The molecule has 0 N–H and O–H groups in total. The van der Waals surface area contributed by atoms with Crippen LogP contribution in [0.2, 0.25) is 0 Å². The van der Waals surface area contributed by atoms with Gasteiger partial charge in [0.1, 0.15) is 23.3 Å². The molecule has 4 rings (SSSR count). The SMILES string of the molecule is C=CCCc1cc(F)c(CCc2ccc3c(F)c(CCc4ccc(C(F)(F)F)c(F)c4)ccc3c2)c(F)c1. The molecule has 4 aromatic carbocycles. The van der Waals surface area contributed by atoms with Crippen LogP contribution < -0.4 is 0 Å². The van der Waals surface area contributed by atoms with Gasteiger partial charge >= 0.3 is 6.18 Å². The first kappa shape index (κ1) is 27.4. The number of fused-ring (bicyclic) bond motifs is 1. The third-order valence-electron chi connectivity index (χ3n) is 6.62. The van der Waals surface area contributed by atoms with E-state index in [1.54, 1.807) is 36.4 Å². The number of aryl methyl sites for hydroxylation is 4. The quantitative estimate of drug-likeness (QED) is 0.150. The highest BCUT2D eigenvalue weighted by molar-refractivity contribution is 5.84. The zero-order chi connectivity index (χ0) is 27.4. The number of hydrogen-bond donors (Lipinski definition) is 0. The van der Waals surface area contributed by atoms with Gasteiger partial charge in [-0.25, -0.2) is 17.6 Å². The van der Waals surface area contributed by atoms with Gasteiger partial charge in [0.25, 0.3) is 0 Å². The van der Waals surface area contributed by atoms with Crippen LogP contribution in [0.15, 0.2) is 73.3 Å². The van der Waals surface area contributed by atoms with Gasteiger partial charge in [-0.15, -0.1) is 6.58 Å². The summed E-state index contributed by atoms with van der Waals surface area (Å²) >= 11 is 0. The van der Waals surface area contributed by atoms with Crippen molar-refractivity contribution in [3.05, 3.63) is 130 Å². The fourth-order valence-electron chi connectivity index (χ4n) is 4.53. The monoisotopic (exact) mass is 530 g/mol. The second-order valence-electron chi connectivity index (χ2n) is 9.27. The van der Waals surface area contributed by atoms with Gasteiger partial charge < -0.3 is 0 Å². The van der Waals surface area contributed by atoms with E-state index in [0.29, 0.717) is 52.8 Å². The van der Waals surface area contributed by atoms with Crippen LogP contribution in [0.1, 0.15) is 39.8 Å². The van der Waals surface area contributed by atoms with E-state index >= 15 is 4.39 Å². The molecule has 0 bridgehead atoms. The third kappa shape index (κ3) is 6.26. The zero-order valence-electron chi connectivity index (χ0n) is 20.4. The lowest BCUT2D eigenvalue weighted by Crippen LogP contribution is -2.08. The fraction of sp³-hybridized carbons (Fsp3) is 0.226. The van der Waals surface area contributed by atoms with Crippen LogP contribution in [0, 0.1) is 23.3 Å². The molecule has 0 nitrogen and oxygen atoms in total. The molecule has 0 unspecified atom stereocenters. The average Bonchev–Trinajstić information content (AvgIpc) is 2.86. The Hall–Kier alpha value is -3.61. The van der Waals surface area contributed by atoms with Gasteiger partial charge in [-0.1, -0.05) is 42.5 Å². The average molecular weight is 531 g/mol. The summed E-state index contributed by atoms with van der Waals surface area (Å²) in [6, 6.07) is 13.8. The maximum Gasteiger partial charge on any atom is 0.419 e. The Morgan fingerprint density at radius 1 is 0.632 bits per heavy atom. The van der Waals surface area contributed by atoms with Crippen molar-refractivity contribution >= 4 is 10.8 Å². The molecule has 4 aromatic rings. The Kier molecular flexibility index (Phi) is 8.24. The van der Waals surface area contributed by atoms with Crippen molar-refractivity contribution in [2.45, 2.75) is 44.7 Å². The molecule has 38 heavy (non-hydrogen) atoms. The summed E-state index contributed by atoms with van der Waals surface area (Å²) in [5.41, 5.74) is 0.724. The van der Waals surface area contributed by atoms with E-state index in [0.717, 1.165) is 11.6 Å². The number of alkyl halides is 3. The summed E-state index contributed by atoms with van der Waals surface area (Å²) < 4.78 is 96.3. The first-order valence-corrected chi connectivity index (χ1v) is 12.2. The molecule has 0 saturated carbocycles. The van der Waals surface area contributed by atoms with Crippen molar-refractivity contribution in [2.75, 3.05) is 0 Å². The zero-order valence-corrected chi connectivity index (χ0v) is 20.4. The number of halogens is 7. The van der Waals surface area contributed by atoms with Crippen molar-refractivity contribution in [2.24, 2.45) is 0 Å². The van der Waals surface area contributed by atoms with E-state index < -0.39 is 35.0 Å². The minimum atomic E-state index is -4.77. The molecule has 0 aliphatic rings. The molecule has 0 aliphatic heterocycles. The normalized spacial score (nSPS) is 11.8. The lowest BCUT2D eigenvalue weighted by atomic mass is 9.96. The van der Waals surface area contributed by atoms with Gasteiger partial charge in [0.2, 0.25) is 0 Å². The lowest BCUT2D eigenvalue weighted by molar-refractivity contribution is -0.140. The Bertz CT molecular complexity index is 1440. The van der Waals surface area contributed by atoms with Gasteiger partial charge in [-0.2, -0.15) is 13.2 Å². The van der Waals surface area contributed by atoms with Crippen molar-refractivity contribution in [3.63, 3.8) is 0 Å². The van der Waals surface area contributed by atoms with E-state index in [-0.39, 0.29) is 24.8 Å². The van der Waals surface area contributed by atoms with Crippen molar-refractivity contribution in [1.82, 2.24) is 0 Å². The predicted octanol–water partition coefficient (Wildman–Crippen LogP) is 9.10. The molecular weight excluding hydrogens is 505 g/mol. The van der Waals surface area contributed by atoms with E-state index in [2.05, 4.69) is 6.58 Å². The Labute approximate surface area is 216 Å². The van der Waals surface area contributed by atoms with Gasteiger partial charge in [0.15, 0.2) is 0 Å². The standard InChI is InChI=1S/C31H25F7/c1-2-3-4-21-17-27(32)25(28(33)18-21)13-7-19-6-12-24-23(15-19)11-10-22(30(24)35)9-5-20-8-14-26(29(34)16-20)31(36,37)38/h2,6,8,10-12,14-18H,1,3-5,7,9,13H2. The van der Waals surface area contributed by atoms with Crippen LogP contribution >= 0.6 is 0 Å². The summed E-state index contributed by atoms with van der Waals surface area (Å²) in [5, 5.41) is 0.971. The summed E-state index contributed by atoms with van der Waals surface area (Å²) in [4.78, 5) is 0. The molecule has 0 saturated heterocycles. The number of rotatable bonds is 9. The molecule has 0 spiro atoms. The van der Waals surface area contributed by atoms with Crippen molar-refractivity contribution in [1.29, 1.82) is 0 Å². The smallest absolute Gasteiger partial charge is 0.207 e. The predicted molar refractivity (Wildman–Crippen MR) is 135 cm³/mol. The van der Waals surface area contributed by atoms with Crippen LogP contribution in [0.4, 0.5) is 30.7 Å². The molecule has 198 valence electrons. The van der Waals surface area contributed by atoms with Gasteiger partial charge in [0.05, 0.1) is 5.56 Å². The second kappa shape index (κ2) is 11.4. The Morgan fingerprint density at radius 2 is 1.26 bits per heavy atom. The molecule has 7 heteroatoms. The van der Waals surface area contributed by atoms with Crippen LogP contribution in [0.3, 0.4) is 0 Å². The number of hydrogen-bond acceptors (Lipinski definition) is 0. The minimum absolute atomic E-state index is 0.00804. The minimum Gasteiger partial charge on any atom is -0.207 e. The third-order valence-corrected chi connectivity index (χ3v) is 6.62. The summed E-state index contributed by atoms with van der Waals surface area (Å²) in [5.74, 6) is -3.00. The molecule has 0 heterocycles. The first-order chi connectivity index (χ1) is 18.1. The molecule has 0 radical (unpaired) electrons. The number of benzene rings is 4. The van der Waals surface area contributed by atoms with E-state index in [1.807, 2.05) is 0 Å². The molecular formula is C31H25F7. The first-order valence-electron chi connectivity index (χ1n) is 12.2. The highest BCUT2D eigenvalue weighted by Crippen LogP contribution is 2.32. The molecule has 0 amide bonds. The van der Waals surface area contributed by atoms with E-state index in [4.69, 9.17) is 0 Å².